The van der Waals surface area contributed by atoms with Gasteiger partial charge in [-0.2, -0.15) is 0 Å². The van der Waals surface area contributed by atoms with Crippen LogP contribution in [0.15, 0.2) is 48.5 Å². The Balaban J connectivity index is 1.39. The van der Waals surface area contributed by atoms with Gasteiger partial charge in [-0.25, -0.2) is 4.79 Å². The van der Waals surface area contributed by atoms with E-state index in [-0.39, 0.29) is 42.3 Å². The van der Waals surface area contributed by atoms with Crippen LogP contribution in [0.25, 0.3) is 10.9 Å². The highest BCUT2D eigenvalue weighted by atomic mass is 16.5. The maximum Gasteiger partial charge on any atom is 0.328 e. The molecule has 1 aliphatic carbocycles. The molecule has 3 atom stereocenters. The van der Waals surface area contributed by atoms with Gasteiger partial charge in [0, 0.05) is 35.7 Å². The third kappa shape index (κ3) is 5.53. The molecule has 1 fully saturated rings. The maximum atomic E-state index is 13.8. The highest BCUT2D eigenvalue weighted by Crippen LogP contribution is 2.35. The van der Waals surface area contributed by atoms with Crippen LogP contribution in [0.3, 0.4) is 0 Å². The molecule has 2 heterocycles. The summed E-state index contributed by atoms with van der Waals surface area (Å²) >= 11 is 0. The van der Waals surface area contributed by atoms with Gasteiger partial charge in [-0.3, -0.25) is 14.4 Å². The first kappa shape index (κ1) is 26.5. The zero-order valence-corrected chi connectivity index (χ0v) is 22.1. The molecule has 2 aliphatic rings. The summed E-state index contributed by atoms with van der Waals surface area (Å²) in [5.74, 6) is -1.85. The molecule has 3 N–H and O–H groups in total. The van der Waals surface area contributed by atoms with Gasteiger partial charge in [0.15, 0.2) is 5.78 Å². The molecule has 0 unspecified atom stereocenters. The number of esters is 1. The van der Waals surface area contributed by atoms with Crippen LogP contribution >= 0.6 is 0 Å². The minimum atomic E-state index is -0.977. The minimum absolute atomic E-state index is 0.0303. The largest absolute Gasteiger partial charge is 0.496 e. The van der Waals surface area contributed by atoms with Crippen molar-refractivity contribution in [3.63, 3.8) is 0 Å². The van der Waals surface area contributed by atoms with Crippen LogP contribution in [0.1, 0.15) is 40.9 Å². The number of hydrogen-bond acceptors (Lipinski definition) is 6. The monoisotopic (exact) mass is 531 g/mol. The number of amides is 2. The standard InChI is InChI=1S/C30H33N3O6/c1-38-27-9-5-8-23-22(27)15-24(32-23)26(34)16-21(20-12-17-6-3-4-7-18(17)13-20)29(36)33-25(30(37)39-2)14-19-10-11-31-28(19)35/h3-9,15,19-21,25,32H,10-14,16H2,1-2H3,(H,31,35)(H,33,36)/t19-,21-,25-/m0/s1. The highest BCUT2D eigenvalue weighted by Gasteiger charge is 2.38. The number of rotatable bonds is 10. The lowest BCUT2D eigenvalue weighted by molar-refractivity contribution is -0.146. The number of aromatic nitrogens is 1. The number of aromatic amines is 1. The van der Waals surface area contributed by atoms with Gasteiger partial charge < -0.3 is 25.1 Å². The molecule has 2 aromatic carbocycles. The Labute approximate surface area is 226 Å². The van der Waals surface area contributed by atoms with E-state index in [0.717, 1.165) is 22.0 Å². The van der Waals surface area contributed by atoms with E-state index in [9.17, 15) is 19.2 Å². The highest BCUT2D eigenvalue weighted by molar-refractivity contribution is 6.02. The first-order valence-corrected chi connectivity index (χ1v) is 13.3. The lowest BCUT2D eigenvalue weighted by Crippen LogP contribution is -2.47. The van der Waals surface area contributed by atoms with Gasteiger partial charge in [-0.15, -0.1) is 0 Å². The second kappa shape index (κ2) is 11.3. The summed E-state index contributed by atoms with van der Waals surface area (Å²) in [6.45, 7) is 0.540. The van der Waals surface area contributed by atoms with Crippen LogP contribution in [-0.2, 0) is 32.0 Å². The summed E-state index contributed by atoms with van der Waals surface area (Å²) in [5, 5.41) is 6.40. The molecule has 204 valence electrons. The number of hydrogen-bond donors (Lipinski definition) is 3. The molecular formula is C30H33N3O6. The Kier molecular flexibility index (Phi) is 7.67. The van der Waals surface area contributed by atoms with Crippen molar-refractivity contribution >= 4 is 34.5 Å². The predicted octanol–water partition coefficient (Wildman–Crippen LogP) is 2.96. The molecule has 0 spiro atoms. The molecule has 39 heavy (non-hydrogen) atoms. The molecule has 1 aromatic heterocycles. The predicted molar refractivity (Wildman–Crippen MR) is 144 cm³/mol. The zero-order valence-electron chi connectivity index (χ0n) is 22.1. The number of Topliss-reactive ketones (excluding diaryl/α,β-unsaturated/α-hetero) is 1. The number of carbonyl (C=O) groups excluding carboxylic acids is 4. The molecule has 1 aliphatic heterocycles. The number of benzene rings is 2. The second-order valence-electron chi connectivity index (χ2n) is 10.4. The lowest BCUT2D eigenvalue weighted by Gasteiger charge is -2.25. The maximum absolute atomic E-state index is 13.8. The van der Waals surface area contributed by atoms with Gasteiger partial charge >= 0.3 is 5.97 Å². The van der Waals surface area contributed by atoms with Gasteiger partial charge in [-0.05, 0) is 60.9 Å². The van der Waals surface area contributed by atoms with Crippen molar-refractivity contribution in [1.29, 1.82) is 0 Å². The molecule has 1 saturated heterocycles. The average Bonchev–Trinajstić information content (AvgIpc) is 3.68. The van der Waals surface area contributed by atoms with Gasteiger partial charge in [0.2, 0.25) is 11.8 Å². The Bertz CT molecular complexity index is 1390. The molecule has 9 heteroatoms. The van der Waals surface area contributed by atoms with Gasteiger partial charge in [0.05, 0.1) is 19.9 Å². The molecule has 3 aromatic rings. The van der Waals surface area contributed by atoms with Crippen molar-refractivity contribution in [1.82, 2.24) is 15.6 Å². The van der Waals surface area contributed by atoms with Gasteiger partial charge in [0.1, 0.15) is 11.8 Å². The summed E-state index contributed by atoms with van der Waals surface area (Å²) in [6.07, 6.45) is 2.03. The Morgan fingerprint density at radius 3 is 2.44 bits per heavy atom. The number of carbonyl (C=O) groups is 4. The number of methoxy groups -OCH3 is 2. The molecule has 0 bridgehead atoms. The van der Waals surface area contributed by atoms with E-state index < -0.39 is 17.9 Å². The summed E-state index contributed by atoms with van der Waals surface area (Å²) in [6, 6.07) is 14.4. The summed E-state index contributed by atoms with van der Waals surface area (Å²) in [4.78, 5) is 55.3. The van der Waals surface area contributed by atoms with Crippen LogP contribution in [0.2, 0.25) is 0 Å². The summed E-state index contributed by atoms with van der Waals surface area (Å²) in [5.41, 5.74) is 3.49. The lowest BCUT2D eigenvalue weighted by atomic mass is 9.84. The fourth-order valence-corrected chi connectivity index (χ4v) is 5.91. The number of ether oxygens (including phenoxy) is 2. The van der Waals surface area contributed by atoms with Gasteiger partial charge in [-0.1, -0.05) is 30.3 Å². The third-order valence-electron chi connectivity index (χ3n) is 8.02. The van der Waals surface area contributed by atoms with Crippen molar-refractivity contribution < 1.29 is 28.7 Å². The van der Waals surface area contributed by atoms with Crippen molar-refractivity contribution in [2.75, 3.05) is 20.8 Å². The van der Waals surface area contributed by atoms with E-state index in [1.54, 1.807) is 13.2 Å². The van der Waals surface area contributed by atoms with Gasteiger partial charge in [0.25, 0.3) is 0 Å². The first-order valence-electron chi connectivity index (χ1n) is 13.3. The van der Waals surface area contributed by atoms with Crippen molar-refractivity contribution in [2.24, 2.45) is 17.8 Å². The van der Waals surface area contributed by atoms with Crippen molar-refractivity contribution in [2.45, 2.75) is 38.1 Å². The van der Waals surface area contributed by atoms with E-state index in [0.29, 0.717) is 37.3 Å². The van der Waals surface area contributed by atoms with E-state index >= 15 is 0 Å². The minimum Gasteiger partial charge on any atom is -0.496 e. The number of ketones is 1. The fraction of sp³-hybridized carbons (Fsp3) is 0.400. The van der Waals surface area contributed by atoms with Crippen LogP contribution in [0.5, 0.6) is 5.75 Å². The van der Waals surface area contributed by atoms with E-state index in [1.165, 1.54) is 7.11 Å². The topological polar surface area (TPSA) is 127 Å². The van der Waals surface area contributed by atoms with Crippen LogP contribution in [0.4, 0.5) is 0 Å². The quantitative estimate of drug-likeness (QED) is 0.273. The number of nitrogens with one attached hydrogen (secondary N) is 3. The van der Waals surface area contributed by atoms with E-state index in [2.05, 4.69) is 15.6 Å². The second-order valence-corrected chi connectivity index (χ2v) is 10.4. The molecule has 0 radical (unpaired) electrons. The molecule has 2 amide bonds. The SMILES string of the molecule is COC(=O)[C@H](C[C@@H]1CCNC1=O)NC(=O)[C@@H](CC(=O)c1cc2c(OC)cccc2[nH]1)C1Cc2ccccc2C1. The Morgan fingerprint density at radius 1 is 1.05 bits per heavy atom. The molecule has 9 nitrogen and oxygen atoms in total. The average molecular weight is 532 g/mol. The van der Waals surface area contributed by atoms with Crippen LogP contribution in [-0.4, -0.2) is 55.4 Å². The number of H-pyrrole nitrogens is 1. The first-order chi connectivity index (χ1) is 18.9. The molecule has 0 saturated carbocycles. The Morgan fingerprint density at radius 2 is 1.79 bits per heavy atom. The molecule has 5 rings (SSSR count). The van der Waals surface area contributed by atoms with Crippen molar-refractivity contribution in [3.05, 3.63) is 65.4 Å². The van der Waals surface area contributed by atoms with Crippen LogP contribution < -0.4 is 15.4 Å². The third-order valence-corrected chi connectivity index (χ3v) is 8.02. The molecular weight excluding hydrogens is 498 g/mol. The normalized spacial score (nSPS) is 18.3. The zero-order chi connectivity index (χ0) is 27.5. The van der Waals surface area contributed by atoms with E-state index in [4.69, 9.17) is 9.47 Å². The van der Waals surface area contributed by atoms with Crippen LogP contribution in [0, 0.1) is 17.8 Å². The van der Waals surface area contributed by atoms with Crippen molar-refractivity contribution in [3.8, 4) is 5.75 Å². The smallest absolute Gasteiger partial charge is 0.328 e. The summed E-state index contributed by atoms with van der Waals surface area (Å²) < 4.78 is 10.4. The Hall–Kier alpha value is -4.14. The fourth-order valence-electron chi connectivity index (χ4n) is 5.91. The van der Waals surface area contributed by atoms with E-state index in [1.807, 2.05) is 42.5 Å². The number of fused-ring (bicyclic) bond motifs is 2. The summed E-state index contributed by atoms with van der Waals surface area (Å²) in [7, 11) is 2.84.